The highest BCUT2D eigenvalue weighted by Crippen LogP contribution is 2.44. The van der Waals surface area contributed by atoms with Crippen molar-refractivity contribution in [2.24, 2.45) is 0 Å². The first-order chi connectivity index (χ1) is 32.2. The molecule has 0 amide bonds. The molecule has 0 aliphatic carbocycles. The Bertz CT molecular complexity index is 3980. The Morgan fingerprint density at radius 1 is 0.292 bits per heavy atom. The Kier molecular flexibility index (Phi) is 8.53. The monoisotopic (exact) mass is 825 g/mol. The van der Waals surface area contributed by atoms with Gasteiger partial charge in [-0.3, -0.25) is 0 Å². The Balaban J connectivity index is 0.994. The molecule has 13 rings (SSSR count). The van der Waals surface area contributed by atoms with Gasteiger partial charge in [-0.25, -0.2) is 9.97 Å². The van der Waals surface area contributed by atoms with Gasteiger partial charge >= 0.3 is 0 Å². The molecule has 13 aromatic rings. The van der Waals surface area contributed by atoms with E-state index in [1.54, 1.807) is 0 Å². The molecule has 0 aliphatic rings. The number of hydrogen-bond donors (Lipinski definition) is 0. The number of aromatic nitrogens is 3. The predicted octanol–water partition coefficient (Wildman–Crippen LogP) is 16.5. The van der Waals surface area contributed by atoms with Crippen LogP contribution in [0, 0.1) is 0 Å². The summed E-state index contributed by atoms with van der Waals surface area (Å²) in [6.45, 7) is 0. The van der Waals surface area contributed by atoms with Gasteiger partial charge in [-0.1, -0.05) is 194 Å². The number of hydrogen-bond acceptors (Lipinski definition) is 2. The molecule has 0 aliphatic heterocycles. The zero-order valence-electron chi connectivity index (χ0n) is 35.4. The van der Waals surface area contributed by atoms with Crippen molar-refractivity contribution >= 4 is 65.0 Å². The number of fused-ring (bicyclic) bond motifs is 9. The molecule has 0 spiro atoms. The molecule has 2 heterocycles. The van der Waals surface area contributed by atoms with E-state index < -0.39 is 0 Å². The molecular formula is C62H39N3. The summed E-state index contributed by atoms with van der Waals surface area (Å²) in [4.78, 5) is 10.7. The zero-order chi connectivity index (χ0) is 42.8. The quantitative estimate of drug-likeness (QED) is 0.167. The summed E-state index contributed by atoms with van der Waals surface area (Å²) in [6, 6.07) is 85.2. The number of benzene rings is 11. The van der Waals surface area contributed by atoms with Gasteiger partial charge in [0.1, 0.15) is 0 Å². The van der Waals surface area contributed by atoms with Crippen LogP contribution in [-0.2, 0) is 0 Å². The van der Waals surface area contributed by atoms with Crippen LogP contribution >= 0.6 is 0 Å². The second kappa shape index (κ2) is 15.0. The number of para-hydroxylation sites is 1. The summed E-state index contributed by atoms with van der Waals surface area (Å²) in [5, 5.41) is 10.7. The maximum absolute atomic E-state index is 5.46. The van der Waals surface area contributed by atoms with Crippen molar-refractivity contribution in [1.82, 2.24) is 14.5 Å². The molecular weight excluding hydrogens is 787 g/mol. The molecule has 0 fully saturated rings. The molecule has 2 aromatic heterocycles. The lowest BCUT2D eigenvalue weighted by Gasteiger charge is -2.16. The zero-order valence-corrected chi connectivity index (χ0v) is 35.4. The van der Waals surface area contributed by atoms with Crippen molar-refractivity contribution < 1.29 is 0 Å². The molecule has 0 saturated heterocycles. The van der Waals surface area contributed by atoms with Crippen LogP contribution in [0.1, 0.15) is 0 Å². The van der Waals surface area contributed by atoms with Gasteiger partial charge in [-0.15, -0.1) is 0 Å². The van der Waals surface area contributed by atoms with Crippen molar-refractivity contribution in [2.45, 2.75) is 0 Å². The number of rotatable bonds is 6. The maximum Gasteiger partial charge on any atom is 0.161 e. The molecule has 0 atom stereocenters. The smallest absolute Gasteiger partial charge is 0.161 e. The standard InChI is InChI=1S/C62H39N3/c1-3-14-40(15-4-1)42-26-28-43(29-27-42)46-19-13-20-48(38-46)61-53-24-11-12-25-55(53)63-62(64-61)52-34-37-56(51-23-10-9-22-50(51)52)65-57-35-32-44-18-7-8-21-49(44)59(57)60-54-39-47(41-16-5-2-6-17-41)31-30-45(54)33-36-58(60)65/h1-39H. The van der Waals surface area contributed by atoms with Crippen LogP contribution in [0.15, 0.2) is 237 Å². The van der Waals surface area contributed by atoms with E-state index >= 15 is 0 Å². The number of nitrogens with zero attached hydrogens (tertiary/aromatic N) is 3. The molecule has 0 bridgehead atoms. The molecule has 3 nitrogen and oxygen atoms in total. The van der Waals surface area contributed by atoms with Crippen molar-refractivity contribution in [2.75, 3.05) is 0 Å². The molecule has 11 aromatic carbocycles. The fraction of sp³-hybridized carbons (Fsp3) is 0. The average Bonchev–Trinajstić information content (AvgIpc) is 3.73. The van der Waals surface area contributed by atoms with Crippen LogP contribution < -0.4 is 0 Å². The van der Waals surface area contributed by atoms with Crippen molar-refractivity contribution in [3.63, 3.8) is 0 Å². The minimum Gasteiger partial charge on any atom is -0.309 e. The van der Waals surface area contributed by atoms with Gasteiger partial charge < -0.3 is 4.57 Å². The molecule has 302 valence electrons. The Morgan fingerprint density at radius 2 is 0.800 bits per heavy atom. The van der Waals surface area contributed by atoms with E-state index in [9.17, 15) is 0 Å². The van der Waals surface area contributed by atoms with Gasteiger partial charge in [0.15, 0.2) is 5.82 Å². The summed E-state index contributed by atoms with van der Waals surface area (Å²) < 4.78 is 2.47. The normalized spacial score (nSPS) is 11.7. The second-order valence-electron chi connectivity index (χ2n) is 16.9. The van der Waals surface area contributed by atoms with Gasteiger partial charge in [0.25, 0.3) is 0 Å². The topological polar surface area (TPSA) is 30.7 Å². The molecule has 65 heavy (non-hydrogen) atoms. The third-order valence-corrected chi connectivity index (χ3v) is 13.2. The van der Waals surface area contributed by atoms with E-state index in [-0.39, 0.29) is 0 Å². The van der Waals surface area contributed by atoms with Gasteiger partial charge in [0.05, 0.1) is 27.9 Å². The van der Waals surface area contributed by atoms with E-state index in [0.717, 1.165) is 55.3 Å². The molecule has 0 N–H and O–H groups in total. The van der Waals surface area contributed by atoms with Crippen LogP contribution in [0.4, 0.5) is 0 Å². The average molecular weight is 826 g/mol. The van der Waals surface area contributed by atoms with Crippen molar-refractivity contribution in [3.8, 4) is 61.7 Å². The largest absolute Gasteiger partial charge is 0.309 e. The highest BCUT2D eigenvalue weighted by atomic mass is 15.0. The first kappa shape index (κ1) is 36.9. The van der Waals surface area contributed by atoms with Crippen LogP contribution in [0.25, 0.3) is 127 Å². The third-order valence-electron chi connectivity index (χ3n) is 13.2. The lowest BCUT2D eigenvalue weighted by molar-refractivity contribution is 1.19. The minimum atomic E-state index is 0.701. The van der Waals surface area contributed by atoms with Crippen molar-refractivity contribution in [1.29, 1.82) is 0 Å². The first-order valence-corrected chi connectivity index (χ1v) is 22.2. The van der Waals surface area contributed by atoms with E-state index in [1.165, 1.54) is 65.6 Å². The van der Waals surface area contributed by atoms with Crippen LogP contribution in [0.3, 0.4) is 0 Å². The third kappa shape index (κ3) is 6.12. The summed E-state index contributed by atoms with van der Waals surface area (Å²) in [7, 11) is 0. The van der Waals surface area contributed by atoms with E-state index in [4.69, 9.17) is 9.97 Å². The second-order valence-corrected chi connectivity index (χ2v) is 16.9. The summed E-state index contributed by atoms with van der Waals surface area (Å²) in [5.74, 6) is 0.701. The Morgan fingerprint density at radius 3 is 1.55 bits per heavy atom. The summed E-state index contributed by atoms with van der Waals surface area (Å²) in [5.41, 5.74) is 14.5. The Labute approximate surface area is 376 Å². The van der Waals surface area contributed by atoms with E-state index in [2.05, 4.69) is 241 Å². The Hall–Kier alpha value is -8.66. The van der Waals surface area contributed by atoms with Gasteiger partial charge in [-0.05, 0) is 103 Å². The molecule has 0 radical (unpaired) electrons. The maximum atomic E-state index is 5.46. The lowest BCUT2D eigenvalue weighted by Crippen LogP contribution is -1.99. The van der Waals surface area contributed by atoms with Gasteiger partial charge in [0.2, 0.25) is 0 Å². The van der Waals surface area contributed by atoms with E-state index in [0.29, 0.717) is 5.82 Å². The van der Waals surface area contributed by atoms with Crippen LogP contribution in [0.2, 0.25) is 0 Å². The van der Waals surface area contributed by atoms with Crippen LogP contribution in [0.5, 0.6) is 0 Å². The molecule has 0 unspecified atom stereocenters. The lowest BCUT2D eigenvalue weighted by atomic mass is 9.96. The van der Waals surface area contributed by atoms with E-state index in [1.807, 2.05) is 0 Å². The van der Waals surface area contributed by atoms with Crippen molar-refractivity contribution in [3.05, 3.63) is 237 Å². The summed E-state index contributed by atoms with van der Waals surface area (Å²) >= 11 is 0. The molecule has 3 heteroatoms. The minimum absolute atomic E-state index is 0.701. The molecule has 0 saturated carbocycles. The fourth-order valence-electron chi connectivity index (χ4n) is 10.1. The highest BCUT2D eigenvalue weighted by Gasteiger charge is 2.21. The van der Waals surface area contributed by atoms with Gasteiger partial charge in [0, 0.05) is 32.7 Å². The van der Waals surface area contributed by atoms with Gasteiger partial charge in [-0.2, -0.15) is 0 Å². The SMILES string of the molecule is c1ccc(-c2ccc(-c3cccc(-c4nc(-c5ccc(-n6c7ccc8ccccc8c7c7c8cc(-c9ccccc9)ccc8ccc76)c6ccccc56)nc5ccccc45)c3)cc2)cc1. The first-order valence-electron chi connectivity index (χ1n) is 22.2. The predicted molar refractivity (Wildman–Crippen MR) is 274 cm³/mol. The highest BCUT2D eigenvalue weighted by molar-refractivity contribution is 6.29. The van der Waals surface area contributed by atoms with Crippen LogP contribution in [-0.4, -0.2) is 14.5 Å². The summed E-state index contributed by atoms with van der Waals surface area (Å²) in [6.07, 6.45) is 0. The fourth-order valence-corrected chi connectivity index (χ4v) is 10.1.